The molecule has 0 aromatic heterocycles. The molecule has 0 radical (unpaired) electrons. The lowest BCUT2D eigenvalue weighted by molar-refractivity contribution is 0.199. The lowest BCUT2D eigenvalue weighted by Crippen LogP contribution is -2.34. The lowest BCUT2D eigenvalue weighted by Gasteiger charge is -2.20. The van der Waals surface area contributed by atoms with Crippen LogP contribution >= 0.6 is 0 Å². The molecule has 2 fully saturated rings. The summed E-state index contributed by atoms with van der Waals surface area (Å²) >= 11 is 0. The summed E-state index contributed by atoms with van der Waals surface area (Å²) in [5, 5.41) is 0. The Morgan fingerprint density at radius 2 is 2.00 bits per heavy atom. The molecule has 1 aliphatic heterocycles. The Hall–Kier alpha value is -0.730. The molecule has 1 saturated carbocycles. The van der Waals surface area contributed by atoms with E-state index in [0.717, 1.165) is 0 Å². The van der Waals surface area contributed by atoms with Crippen molar-refractivity contribution in [3.8, 4) is 0 Å². The Labute approximate surface area is 67.0 Å². The third-order valence-electron chi connectivity index (χ3n) is 3.38. The van der Waals surface area contributed by atoms with Crippen LogP contribution in [0.15, 0.2) is 0 Å². The van der Waals surface area contributed by atoms with Gasteiger partial charge in [0.15, 0.2) is 0 Å². The van der Waals surface area contributed by atoms with Crippen LogP contribution in [0.2, 0.25) is 0 Å². The molecule has 0 bridgehead atoms. The quantitative estimate of drug-likeness (QED) is 0.508. The summed E-state index contributed by atoms with van der Waals surface area (Å²) in [6, 6.07) is 0.579. The van der Waals surface area contributed by atoms with Crippen molar-refractivity contribution >= 4 is 6.03 Å². The van der Waals surface area contributed by atoms with Crippen molar-refractivity contribution in [2.24, 2.45) is 0 Å². The molecule has 0 aromatic carbocycles. The van der Waals surface area contributed by atoms with Gasteiger partial charge in [-0.15, -0.1) is 0 Å². The van der Waals surface area contributed by atoms with E-state index in [0.29, 0.717) is 6.04 Å². The minimum absolute atomic E-state index is 0.176. The Morgan fingerprint density at radius 1 is 1.45 bits per heavy atom. The molecule has 0 N–H and O–H groups in total. The van der Waals surface area contributed by atoms with Gasteiger partial charge in [0, 0.05) is 14.1 Å². The van der Waals surface area contributed by atoms with Gasteiger partial charge in [-0.2, -0.15) is 0 Å². The average molecular weight is 154 g/mol. The summed E-state index contributed by atoms with van der Waals surface area (Å²) in [5.41, 5.74) is 0.214. The number of hydrogen-bond acceptors (Lipinski definition) is 1. The molecule has 62 valence electrons. The second-order valence-corrected chi connectivity index (χ2v) is 3.73. The van der Waals surface area contributed by atoms with Crippen molar-refractivity contribution in [2.45, 2.75) is 31.3 Å². The van der Waals surface area contributed by atoms with Crippen molar-refractivity contribution in [1.82, 2.24) is 9.80 Å². The van der Waals surface area contributed by atoms with Gasteiger partial charge in [0.2, 0.25) is 0 Å². The van der Waals surface area contributed by atoms with Crippen molar-refractivity contribution in [3.63, 3.8) is 0 Å². The average Bonchev–Trinajstić information content (AvgIpc) is 2.76. The predicted octanol–water partition coefficient (Wildman–Crippen LogP) is 0.905. The molecule has 1 unspecified atom stereocenters. The monoisotopic (exact) mass is 154 g/mol. The van der Waals surface area contributed by atoms with Crippen LogP contribution in [0.25, 0.3) is 0 Å². The standard InChI is InChI=1S/C8H14N2O/c1-6-8(4-5-8)10(3)7(11)9(6)2/h6H,4-5H2,1-3H3. The molecular formula is C8H14N2O. The second kappa shape index (κ2) is 1.71. The number of rotatable bonds is 0. The second-order valence-electron chi connectivity index (χ2n) is 3.73. The highest BCUT2D eigenvalue weighted by Gasteiger charge is 2.59. The number of nitrogens with zero attached hydrogens (tertiary/aromatic N) is 2. The van der Waals surface area contributed by atoms with Crippen molar-refractivity contribution in [1.29, 1.82) is 0 Å². The smallest absolute Gasteiger partial charge is 0.320 e. The zero-order valence-corrected chi connectivity index (χ0v) is 7.29. The summed E-state index contributed by atoms with van der Waals surface area (Å²) in [6.07, 6.45) is 2.36. The molecule has 2 aliphatic rings. The zero-order chi connectivity index (χ0) is 8.22. The van der Waals surface area contributed by atoms with Gasteiger partial charge in [-0.1, -0.05) is 0 Å². The molecular weight excluding hydrogens is 140 g/mol. The van der Waals surface area contributed by atoms with E-state index in [1.807, 2.05) is 23.9 Å². The van der Waals surface area contributed by atoms with Crippen molar-refractivity contribution in [2.75, 3.05) is 14.1 Å². The lowest BCUT2D eigenvalue weighted by atomic mass is 10.1. The van der Waals surface area contributed by atoms with Crippen LogP contribution < -0.4 is 0 Å². The molecule has 2 rings (SSSR count). The van der Waals surface area contributed by atoms with E-state index in [9.17, 15) is 4.79 Å². The van der Waals surface area contributed by atoms with Gasteiger partial charge in [-0.25, -0.2) is 4.79 Å². The van der Waals surface area contributed by atoms with E-state index in [2.05, 4.69) is 6.92 Å². The molecule has 1 atom stereocenters. The number of carbonyl (C=O) groups is 1. The zero-order valence-electron chi connectivity index (χ0n) is 7.29. The maximum absolute atomic E-state index is 11.4. The topological polar surface area (TPSA) is 23.6 Å². The van der Waals surface area contributed by atoms with Gasteiger partial charge >= 0.3 is 6.03 Å². The number of likely N-dealkylation sites (N-methyl/N-ethyl adjacent to an activating group) is 2. The predicted molar refractivity (Wildman–Crippen MR) is 42.3 cm³/mol. The molecule has 1 heterocycles. The molecule has 1 saturated heterocycles. The first-order valence-electron chi connectivity index (χ1n) is 4.10. The SMILES string of the molecule is CC1N(C)C(=O)N(C)C12CC2. The van der Waals surface area contributed by atoms with E-state index in [1.54, 1.807) is 0 Å². The van der Waals surface area contributed by atoms with Crippen LogP contribution in [0.5, 0.6) is 0 Å². The van der Waals surface area contributed by atoms with Crippen LogP contribution in [0.1, 0.15) is 19.8 Å². The summed E-state index contributed by atoms with van der Waals surface area (Å²) < 4.78 is 0. The molecule has 11 heavy (non-hydrogen) atoms. The summed E-state index contributed by atoms with van der Waals surface area (Å²) in [6.45, 7) is 2.13. The molecule has 0 aromatic rings. The van der Waals surface area contributed by atoms with Crippen molar-refractivity contribution < 1.29 is 4.79 Å². The minimum atomic E-state index is 0.176. The van der Waals surface area contributed by atoms with Gasteiger partial charge in [-0.3, -0.25) is 0 Å². The highest BCUT2D eigenvalue weighted by atomic mass is 16.2. The normalized spacial score (nSPS) is 33.7. The fraction of sp³-hybridized carbons (Fsp3) is 0.875. The number of amides is 2. The van der Waals surface area contributed by atoms with E-state index >= 15 is 0 Å². The Morgan fingerprint density at radius 3 is 2.18 bits per heavy atom. The van der Waals surface area contributed by atoms with Crippen LogP contribution in [0.3, 0.4) is 0 Å². The van der Waals surface area contributed by atoms with Crippen LogP contribution in [0, 0.1) is 0 Å². The van der Waals surface area contributed by atoms with Gasteiger partial charge in [0.25, 0.3) is 0 Å². The first kappa shape index (κ1) is 6.95. The van der Waals surface area contributed by atoms with E-state index in [4.69, 9.17) is 0 Å². The first-order chi connectivity index (χ1) is 5.09. The van der Waals surface area contributed by atoms with E-state index < -0.39 is 0 Å². The number of urea groups is 1. The minimum Gasteiger partial charge on any atom is -0.323 e. The first-order valence-corrected chi connectivity index (χ1v) is 4.10. The maximum Gasteiger partial charge on any atom is 0.320 e. The Kier molecular flexibility index (Phi) is 1.08. The number of carbonyl (C=O) groups excluding carboxylic acids is 1. The van der Waals surface area contributed by atoms with Gasteiger partial charge in [0.1, 0.15) is 0 Å². The molecule has 3 nitrogen and oxygen atoms in total. The number of hydrogen-bond donors (Lipinski definition) is 0. The van der Waals surface area contributed by atoms with Crippen LogP contribution in [-0.2, 0) is 0 Å². The highest BCUT2D eigenvalue weighted by Crippen LogP contribution is 2.49. The van der Waals surface area contributed by atoms with Crippen molar-refractivity contribution in [3.05, 3.63) is 0 Å². The molecule has 3 heteroatoms. The fourth-order valence-corrected chi connectivity index (χ4v) is 2.11. The van der Waals surface area contributed by atoms with Gasteiger partial charge < -0.3 is 9.80 Å². The molecule has 1 aliphatic carbocycles. The van der Waals surface area contributed by atoms with Gasteiger partial charge in [-0.05, 0) is 19.8 Å². The van der Waals surface area contributed by atoms with Gasteiger partial charge in [0.05, 0.1) is 11.6 Å². The fourth-order valence-electron chi connectivity index (χ4n) is 2.11. The summed E-state index contributed by atoms with van der Waals surface area (Å²) in [5.74, 6) is 0. The highest BCUT2D eigenvalue weighted by molar-refractivity contribution is 5.79. The largest absolute Gasteiger partial charge is 0.323 e. The third kappa shape index (κ3) is 0.613. The van der Waals surface area contributed by atoms with E-state index in [1.165, 1.54) is 12.8 Å². The maximum atomic E-state index is 11.4. The van der Waals surface area contributed by atoms with Crippen LogP contribution in [-0.4, -0.2) is 41.5 Å². The third-order valence-corrected chi connectivity index (χ3v) is 3.38. The molecule has 1 spiro atoms. The summed E-state index contributed by atoms with van der Waals surface area (Å²) in [7, 11) is 3.80. The van der Waals surface area contributed by atoms with E-state index in [-0.39, 0.29) is 11.6 Å². The summed E-state index contributed by atoms with van der Waals surface area (Å²) in [4.78, 5) is 15.2. The Balaban J connectivity index is 2.32. The van der Waals surface area contributed by atoms with Crippen LogP contribution in [0.4, 0.5) is 4.79 Å². The Bertz CT molecular complexity index is 210. The molecule has 2 amide bonds.